The minimum Gasteiger partial charge on any atom is -0.314 e. The summed E-state index contributed by atoms with van der Waals surface area (Å²) < 4.78 is 37.1. The Balaban J connectivity index is 2.01. The zero-order valence-corrected chi connectivity index (χ0v) is 10.2. The van der Waals surface area contributed by atoms with Crippen LogP contribution in [0.1, 0.15) is 16.8 Å². The number of hydrogen-bond acceptors (Lipinski definition) is 4. The number of nitrogens with one attached hydrogen (secondary N) is 1. The molecule has 0 aromatic carbocycles. The molecule has 0 amide bonds. The van der Waals surface area contributed by atoms with Gasteiger partial charge in [-0.25, -0.2) is 4.98 Å². The SMILES string of the molecule is C[C@@H]1CNCCN1Cc1cnc(C(F)(F)F)s1. The Morgan fingerprint density at radius 3 is 2.94 bits per heavy atom. The number of thiazole rings is 1. The Hall–Kier alpha value is -0.660. The van der Waals surface area contributed by atoms with Crippen molar-refractivity contribution in [2.24, 2.45) is 0 Å². The summed E-state index contributed by atoms with van der Waals surface area (Å²) in [5.74, 6) is 0. The maximum Gasteiger partial charge on any atom is 0.443 e. The summed E-state index contributed by atoms with van der Waals surface area (Å²) in [5, 5.41) is 2.49. The Morgan fingerprint density at radius 2 is 2.35 bits per heavy atom. The lowest BCUT2D eigenvalue weighted by Gasteiger charge is -2.33. The third kappa shape index (κ3) is 3.17. The highest BCUT2D eigenvalue weighted by molar-refractivity contribution is 7.11. The van der Waals surface area contributed by atoms with Crippen LogP contribution in [0.4, 0.5) is 13.2 Å². The first kappa shape index (κ1) is 12.8. The third-order valence-corrected chi connectivity index (χ3v) is 3.82. The van der Waals surface area contributed by atoms with Gasteiger partial charge in [-0.05, 0) is 6.92 Å². The molecular weight excluding hydrogens is 251 g/mol. The van der Waals surface area contributed by atoms with Gasteiger partial charge in [0.1, 0.15) is 0 Å². The topological polar surface area (TPSA) is 28.2 Å². The lowest BCUT2D eigenvalue weighted by Crippen LogP contribution is -2.49. The average molecular weight is 265 g/mol. The predicted octanol–water partition coefficient (Wildman–Crippen LogP) is 1.96. The second-order valence-corrected chi connectivity index (χ2v) is 5.27. The van der Waals surface area contributed by atoms with Crippen molar-refractivity contribution in [2.45, 2.75) is 25.7 Å². The van der Waals surface area contributed by atoms with E-state index in [1.807, 2.05) is 0 Å². The molecule has 1 aromatic rings. The maximum absolute atomic E-state index is 12.4. The molecular formula is C10H14F3N3S. The Morgan fingerprint density at radius 1 is 1.59 bits per heavy atom. The van der Waals surface area contributed by atoms with Crippen molar-refractivity contribution in [3.8, 4) is 0 Å². The Kier molecular flexibility index (Phi) is 3.70. The molecule has 1 atom stereocenters. The van der Waals surface area contributed by atoms with Gasteiger partial charge in [0.25, 0.3) is 0 Å². The molecule has 7 heteroatoms. The molecule has 2 rings (SSSR count). The molecule has 0 saturated carbocycles. The number of hydrogen-bond donors (Lipinski definition) is 1. The zero-order valence-electron chi connectivity index (χ0n) is 9.42. The number of aromatic nitrogens is 1. The molecule has 2 heterocycles. The van der Waals surface area contributed by atoms with Gasteiger partial charge in [0.05, 0.1) is 0 Å². The van der Waals surface area contributed by atoms with Crippen molar-refractivity contribution in [1.29, 1.82) is 0 Å². The van der Waals surface area contributed by atoms with E-state index in [-0.39, 0.29) is 0 Å². The number of rotatable bonds is 2. The quantitative estimate of drug-likeness (QED) is 0.886. The van der Waals surface area contributed by atoms with E-state index >= 15 is 0 Å². The fourth-order valence-electron chi connectivity index (χ4n) is 1.83. The van der Waals surface area contributed by atoms with Crippen LogP contribution >= 0.6 is 11.3 Å². The third-order valence-electron chi connectivity index (χ3n) is 2.79. The molecule has 0 aliphatic carbocycles. The summed E-state index contributed by atoms with van der Waals surface area (Å²) in [7, 11) is 0. The van der Waals surface area contributed by atoms with E-state index in [9.17, 15) is 13.2 Å². The molecule has 3 nitrogen and oxygen atoms in total. The molecule has 1 fully saturated rings. The molecule has 0 spiro atoms. The fourth-order valence-corrected chi connectivity index (χ4v) is 2.64. The first-order valence-electron chi connectivity index (χ1n) is 5.43. The standard InChI is InChI=1S/C10H14F3N3S/c1-7-4-14-2-3-16(7)6-8-5-15-9(17-8)10(11,12)13/h5,7,14H,2-4,6H2,1H3/t7-/m1/s1. The van der Waals surface area contributed by atoms with Crippen LogP contribution in [0.3, 0.4) is 0 Å². The monoisotopic (exact) mass is 265 g/mol. The van der Waals surface area contributed by atoms with E-state index in [4.69, 9.17) is 0 Å². The van der Waals surface area contributed by atoms with Crippen LogP contribution in [0.5, 0.6) is 0 Å². The van der Waals surface area contributed by atoms with Gasteiger partial charge in [0.2, 0.25) is 0 Å². The summed E-state index contributed by atoms with van der Waals surface area (Å²) in [6.07, 6.45) is -2.99. The summed E-state index contributed by atoms with van der Waals surface area (Å²) in [4.78, 5) is 6.27. The van der Waals surface area contributed by atoms with Crippen molar-refractivity contribution < 1.29 is 13.2 Å². The van der Waals surface area contributed by atoms with Crippen LogP contribution in [0.2, 0.25) is 0 Å². The molecule has 1 saturated heterocycles. The first-order valence-corrected chi connectivity index (χ1v) is 6.25. The van der Waals surface area contributed by atoms with Gasteiger partial charge in [0.15, 0.2) is 5.01 Å². The first-order chi connectivity index (χ1) is 7.97. The summed E-state index contributed by atoms with van der Waals surface area (Å²) in [5.41, 5.74) is 0. The van der Waals surface area contributed by atoms with Crippen LogP contribution in [-0.4, -0.2) is 35.6 Å². The van der Waals surface area contributed by atoms with Crippen molar-refractivity contribution in [3.63, 3.8) is 0 Å². The van der Waals surface area contributed by atoms with Gasteiger partial charge in [-0.2, -0.15) is 13.2 Å². The summed E-state index contributed by atoms with van der Waals surface area (Å²) >= 11 is 0.737. The second-order valence-electron chi connectivity index (χ2n) is 4.15. The lowest BCUT2D eigenvalue weighted by molar-refractivity contribution is -0.137. The molecule has 1 aromatic heterocycles. The Bertz CT molecular complexity index is 377. The smallest absolute Gasteiger partial charge is 0.314 e. The number of halogens is 3. The van der Waals surface area contributed by atoms with Crippen molar-refractivity contribution in [2.75, 3.05) is 19.6 Å². The highest BCUT2D eigenvalue weighted by atomic mass is 32.1. The average Bonchev–Trinajstić information content (AvgIpc) is 2.69. The van der Waals surface area contributed by atoms with Gasteiger partial charge in [-0.3, -0.25) is 4.90 Å². The van der Waals surface area contributed by atoms with Gasteiger partial charge in [-0.15, -0.1) is 11.3 Å². The lowest BCUT2D eigenvalue weighted by atomic mass is 10.2. The van der Waals surface area contributed by atoms with Gasteiger partial charge < -0.3 is 5.32 Å². The number of piperazine rings is 1. The second kappa shape index (κ2) is 4.91. The molecule has 0 bridgehead atoms. The van der Waals surface area contributed by atoms with E-state index in [0.29, 0.717) is 17.5 Å². The molecule has 17 heavy (non-hydrogen) atoms. The minimum absolute atomic E-state index is 0.347. The van der Waals surface area contributed by atoms with E-state index in [0.717, 1.165) is 31.0 Å². The van der Waals surface area contributed by atoms with Gasteiger partial charge >= 0.3 is 6.18 Å². The van der Waals surface area contributed by atoms with Crippen LogP contribution in [0.15, 0.2) is 6.20 Å². The molecule has 96 valence electrons. The molecule has 0 unspecified atom stereocenters. The molecule has 1 N–H and O–H groups in total. The molecule has 1 aliphatic heterocycles. The number of alkyl halides is 3. The van der Waals surface area contributed by atoms with E-state index in [1.165, 1.54) is 6.20 Å². The van der Waals surface area contributed by atoms with E-state index < -0.39 is 11.2 Å². The van der Waals surface area contributed by atoms with Gasteiger partial charge in [0, 0.05) is 43.3 Å². The predicted molar refractivity (Wildman–Crippen MR) is 59.9 cm³/mol. The van der Waals surface area contributed by atoms with Crippen molar-refractivity contribution in [3.05, 3.63) is 16.1 Å². The van der Waals surface area contributed by atoms with E-state index in [1.54, 1.807) is 0 Å². The minimum atomic E-state index is -4.32. The Labute approximate surface area is 102 Å². The van der Waals surface area contributed by atoms with E-state index in [2.05, 4.69) is 22.1 Å². The van der Waals surface area contributed by atoms with Crippen LogP contribution in [0, 0.1) is 0 Å². The summed E-state index contributed by atoms with van der Waals surface area (Å²) in [6, 6.07) is 0.347. The fraction of sp³-hybridized carbons (Fsp3) is 0.700. The van der Waals surface area contributed by atoms with Crippen molar-refractivity contribution in [1.82, 2.24) is 15.2 Å². The van der Waals surface area contributed by atoms with Crippen LogP contribution in [0.25, 0.3) is 0 Å². The van der Waals surface area contributed by atoms with Crippen LogP contribution in [-0.2, 0) is 12.7 Å². The number of nitrogens with zero attached hydrogens (tertiary/aromatic N) is 2. The highest BCUT2D eigenvalue weighted by Gasteiger charge is 2.34. The highest BCUT2D eigenvalue weighted by Crippen LogP contribution is 2.32. The largest absolute Gasteiger partial charge is 0.443 e. The zero-order chi connectivity index (χ0) is 12.5. The maximum atomic E-state index is 12.4. The van der Waals surface area contributed by atoms with Gasteiger partial charge in [-0.1, -0.05) is 0 Å². The molecule has 0 radical (unpaired) electrons. The van der Waals surface area contributed by atoms with Crippen molar-refractivity contribution >= 4 is 11.3 Å². The normalized spacial score (nSPS) is 22.9. The summed E-state index contributed by atoms with van der Waals surface area (Å²) in [6.45, 7) is 5.25. The van der Waals surface area contributed by atoms with Crippen LogP contribution < -0.4 is 5.32 Å². The molecule has 1 aliphatic rings.